The Bertz CT molecular complexity index is 2580. The van der Waals surface area contributed by atoms with Gasteiger partial charge in [-0.1, -0.05) is 84.9 Å². The van der Waals surface area contributed by atoms with E-state index in [2.05, 4.69) is 20.8 Å². The molecule has 0 atom stereocenters. The fourth-order valence-electron chi connectivity index (χ4n) is 6.85. The zero-order valence-corrected chi connectivity index (χ0v) is 29.2. The summed E-state index contributed by atoms with van der Waals surface area (Å²) >= 11 is 0. The van der Waals surface area contributed by atoms with Crippen molar-refractivity contribution in [3.8, 4) is 0 Å². The predicted molar refractivity (Wildman–Crippen MR) is 212 cm³/mol. The normalized spacial score (nSPS) is 12.9. The molecule has 2 aliphatic rings. The highest BCUT2D eigenvalue weighted by atomic mass is 16.2. The molecule has 270 valence electrons. The maximum Gasteiger partial charge on any atom is 0.255 e. The molecule has 2 aliphatic carbocycles. The van der Waals surface area contributed by atoms with Crippen LogP contribution in [0.4, 0.5) is 22.7 Å². The molecule has 0 fully saturated rings. The number of fused-ring (bicyclic) bond motifs is 4. The highest BCUT2D eigenvalue weighted by Gasteiger charge is 2.36. The number of carbonyl (C=O) groups is 6. The molecule has 0 aliphatic heterocycles. The van der Waals surface area contributed by atoms with Gasteiger partial charge in [0, 0.05) is 44.5 Å². The molecule has 12 heteroatoms. The number of nitrogens with zero attached hydrogens (tertiary/aromatic N) is 2. The predicted octanol–water partition coefficient (Wildman–Crippen LogP) is 6.36. The molecule has 0 unspecified atom stereocenters. The Morgan fingerprint density at radius 2 is 0.750 bits per heavy atom. The van der Waals surface area contributed by atoms with Gasteiger partial charge < -0.3 is 22.1 Å². The molecular weight excluding hydrogens is 709 g/mol. The minimum absolute atomic E-state index is 0.0440. The minimum Gasteiger partial charge on any atom is -0.398 e. The van der Waals surface area contributed by atoms with Gasteiger partial charge in [0.1, 0.15) is 0 Å². The van der Waals surface area contributed by atoms with Gasteiger partial charge in [0.05, 0.1) is 57.4 Å². The van der Waals surface area contributed by atoms with Crippen LogP contribution in [0, 0.1) is 0 Å². The summed E-state index contributed by atoms with van der Waals surface area (Å²) in [4.78, 5) is 81.8. The van der Waals surface area contributed by atoms with E-state index in [0.717, 1.165) is 0 Å². The van der Waals surface area contributed by atoms with Crippen molar-refractivity contribution < 1.29 is 28.8 Å². The first kappa shape index (κ1) is 34.9. The molecule has 2 amide bonds. The van der Waals surface area contributed by atoms with E-state index in [1.807, 2.05) is 0 Å². The lowest BCUT2D eigenvalue weighted by atomic mass is 9.81. The van der Waals surface area contributed by atoms with Gasteiger partial charge >= 0.3 is 0 Å². The van der Waals surface area contributed by atoms with Crippen LogP contribution in [0.5, 0.6) is 0 Å². The topological polar surface area (TPSA) is 203 Å². The van der Waals surface area contributed by atoms with Crippen molar-refractivity contribution in [2.75, 3.05) is 22.1 Å². The number of carbonyl (C=O) groups excluding carboxylic acids is 6. The average molecular weight is 737 g/mol. The van der Waals surface area contributed by atoms with Crippen molar-refractivity contribution in [2.24, 2.45) is 10.2 Å². The zero-order valence-electron chi connectivity index (χ0n) is 29.2. The lowest BCUT2D eigenvalue weighted by Gasteiger charge is -2.23. The second kappa shape index (κ2) is 14.0. The van der Waals surface area contributed by atoms with Gasteiger partial charge in [0.2, 0.25) is 0 Å². The Balaban J connectivity index is 1.19. The largest absolute Gasteiger partial charge is 0.398 e. The smallest absolute Gasteiger partial charge is 0.255 e. The number of ketones is 4. The van der Waals surface area contributed by atoms with E-state index in [1.54, 1.807) is 84.9 Å². The third-order valence-corrected chi connectivity index (χ3v) is 9.57. The summed E-state index contributed by atoms with van der Waals surface area (Å²) in [6.45, 7) is 0. The molecule has 0 aromatic heterocycles. The third-order valence-electron chi connectivity index (χ3n) is 9.57. The van der Waals surface area contributed by atoms with E-state index in [-0.39, 0.29) is 78.4 Å². The van der Waals surface area contributed by atoms with Crippen LogP contribution < -0.4 is 22.1 Å². The Morgan fingerprint density at radius 3 is 1.09 bits per heavy atom. The molecular formula is C44H28N6O6. The number of benzene rings is 6. The summed E-state index contributed by atoms with van der Waals surface area (Å²) in [6.07, 6.45) is 2.47. The molecule has 0 bridgehead atoms. The first-order chi connectivity index (χ1) is 27.1. The van der Waals surface area contributed by atoms with Crippen LogP contribution in [0.25, 0.3) is 0 Å². The monoisotopic (exact) mass is 736 g/mol. The Hall–Kier alpha value is -8.12. The van der Waals surface area contributed by atoms with E-state index >= 15 is 0 Å². The lowest BCUT2D eigenvalue weighted by Crippen LogP contribution is -2.26. The first-order valence-corrected chi connectivity index (χ1v) is 17.2. The molecule has 6 N–H and O–H groups in total. The third kappa shape index (κ3) is 5.93. The molecule has 0 spiro atoms. The SMILES string of the molecule is Nc1c(/C=N\N=C/c2cc(NC(=O)c3ccccc3)c3c(c2N)C(=O)c2ccccc2C3=O)cc(NC(=O)c2ccccc2)c2c1C(=O)c1ccccc1C2=O. The number of nitrogens with one attached hydrogen (secondary N) is 2. The van der Waals surface area contributed by atoms with E-state index in [9.17, 15) is 28.8 Å². The van der Waals surface area contributed by atoms with Crippen molar-refractivity contribution in [3.05, 3.63) is 188 Å². The van der Waals surface area contributed by atoms with Crippen LogP contribution in [-0.4, -0.2) is 47.4 Å². The van der Waals surface area contributed by atoms with Crippen LogP contribution in [0.15, 0.2) is 132 Å². The van der Waals surface area contributed by atoms with Crippen molar-refractivity contribution in [3.63, 3.8) is 0 Å². The van der Waals surface area contributed by atoms with Crippen molar-refractivity contribution >= 4 is 70.1 Å². The van der Waals surface area contributed by atoms with E-state index < -0.39 is 34.9 Å². The second-order valence-corrected chi connectivity index (χ2v) is 12.9. The zero-order chi connectivity index (χ0) is 39.1. The molecule has 0 saturated carbocycles. The minimum atomic E-state index is -0.522. The summed E-state index contributed by atoms with van der Waals surface area (Å²) in [5, 5.41) is 13.8. The Morgan fingerprint density at radius 1 is 0.446 bits per heavy atom. The van der Waals surface area contributed by atoms with Gasteiger partial charge in [-0.15, -0.1) is 0 Å². The van der Waals surface area contributed by atoms with Crippen LogP contribution >= 0.6 is 0 Å². The van der Waals surface area contributed by atoms with Gasteiger partial charge in [0.15, 0.2) is 23.1 Å². The number of rotatable bonds is 7. The van der Waals surface area contributed by atoms with E-state index in [1.165, 1.54) is 48.8 Å². The quantitative estimate of drug-likeness (QED) is 0.0822. The highest BCUT2D eigenvalue weighted by Crippen LogP contribution is 2.39. The van der Waals surface area contributed by atoms with Crippen LogP contribution in [-0.2, 0) is 0 Å². The fourth-order valence-corrected chi connectivity index (χ4v) is 6.85. The number of amides is 2. The molecule has 0 radical (unpaired) electrons. The van der Waals surface area contributed by atoms with Gasteiger partial charge in [0.25, 0.3) is 11.8 Å². The molecule has 8 rings (SSSR count). The van der Waals surface area contributed by atoms with Crippen molar-refractivity contribution in [1.82, 2.24) is 0 Å². The number of hydrogen-bond acceptors (Lipinski definition) is 10. The summed E-state index contributed by atoms with van der Waals surface area (Å²) in [7, 11) is 0. The van der Waals surface area contributed by atoms with E-state index in [0.29, 0.717) is 11.1 Å². The van der Waals surface area contributed by atoms with Crippen molar-refractivity contribution in [2.45, 2.75) is 0 Å². The van der Waals surface area contributed by atoms with Crippen molar-refractivity contribution in [1.29, 1.82) is 0 Å². The highest BCUT2D eigenvalue weighted by molar-refractivity contribution is 6.34. The van der Waals surface area contributed by atoms with Gasteiger partial charge in [-0.3, -0.25) is 28.8 Å². The maximum atomic E-state index is 13.8. The summed E-state index contributed by atoms with van der Waals surface area (Å²) in [5.41, 5.74) is 14.4. The number of hydrogen-bond donors (Lipinski definition) is 4. The van der Waals surface area contributed by atoms with Gasteiger partial charge in [-0.25, -0.2) is 0 Å². The number of nitrogens with two attached hydrogens (primary N) is 2. The fraction of sp³-hybridized carbons (Fsp3) is 0. The summed E-state index contributed by atoms with van der Waals surface area (Å²) < 4.78 is 0. The van der Waals surface area contributed by atoms with Crippen LogP contribution in [0.1, 0.15) is 95.5 Å². The second-order valence-electron chi connectivity index (χ2n) is 12.9. The molecule has 12 nitrogen and oxygen atoms in total. The molecule has 6 aromatic rings. The Labute approximate surface area is 318 Å². The molecule has 6 aromatic carbocycles. The molecule has 0 heterocycles. The summed E-state index contributed by atoms with van der Waals surface area (Å²) in [6, 6.07) is 32.2. The number of nitrogen functional groups attached to an aromatic ring is 2. The maximum absolute atomic E-state index is 13.8. The lowest BCUT2D eigenvalue weighted by molar-refractivity contribution is 0.0979. The standard InChI is InChI=1S/C44H28N6O6/c45-37-25(19-31(49-43(55)23-11-3-1-4-12-23)33-35(37)41(53)29-17-9-7-15-27(29)39(33)51)21-47-48-22-26-20-32(50-44(56)24-13-5-2-6-14-24)34-36(38(26)46)42(54)30-18-10-8-16-28(30)40(34)52/h1-22H,45-46H2,(H,49,55)(H,50,56)/b47-21-,48-22-. The summed E-state index contributed by atoms with van der Waals surface area (Å²) in [5.74, 6) is -3.03. The first-order valence-electron chi connectivity index (χ1n) is 17.2. The average Bonchev–Trinajstić information content (AvgIpc) is 3.22. The molecule has 0 saturated heterocycles. The van der Waals surface area contributed by atoms with Crippen LogP contribution in [0.3, 0.4) is 0 Å². The van der Waals surface area contributed by atoms with E-state index in [4.69, 9.17) is 11.5 Å². The Kier molecular flexibility index (Phi) is 8.75. The van der Waals surface area contributed by atoms with Crippen LogP contribution in [0.2, 0.25) is 0 Å². The number of anilines is 4. The van der Waals surface area contributed by atoms with Gasteiger partial charge in [-0.05, 0) is 36.4 Å². The van der Waals surface area contributed by atoms with Gasteiger partial charge in [-0.2, -0.15) is 10.2 Å². The molecule has 56 heavy (non-hydrogen) atoms.